The van der Waals surface area contributed by atoms with Crippen molar-refractivity contribution in [1.29, 1.82) is 0 Å². The number of hydrogen-bond acceptors (Lipinski definition) is 5. The molecule has 2 aliphatic rings. The molecule has 154 valence electrons. The van der Waals surface area contributed by atoms with E-state index in [1.165, 1.54) is 0 Å². The fourth-order valence-corrected chi connectivity index (χ4v) is 4.95. The summed E-state index contributed by atoms with van der Waals surface area (Å²) in [6.07, 6.45) is 4.70. The first-order valence-electron chi connectivity index (χ1n) is 10.2. The van der Waals surface area contributed by atoms with Crippen LogP contribution in [0.5, 0.6) is 0 Å². The summed E-state index contributed by atoms with van der Waals surface area (Å²) in [5, 5.41) is 3.97. The minimum atomic E-state index is -0.340. The second-order valence-corrected chi connectivity index (χ2v) is 8.36. The lowest BCUT2D eigenvalue weighted by atomic mass is 9.88. The van der Waals surface area contributed by atoms with Gasteiger partial charge in [-0.25, -0.2) is 4.98 Å². The van der Waals surface area contributed by atoms with Gasteiger partial charge in [-0.1, -0.05) is 17.3 Å². The zero-order valence-electron chi connectivity index (χ0n) is 17.6. The van der Waals surface area contributed by atoms with E-state index in [0.717, 1.165) is 29.2 Å². The van der Waals surface area contributed by atoms with Gasteiger partial charge in [0, 0.05) is 32.0 Å². The Labute approximate surface area is 175 Å². The van der Waals surface area contributed by atoms with Gasteiger partial charge in [0.2, 0.25) is 0 Å². The van der Waals surface area contributed by atoms with Crippen LogP contribution in [-0.2, 0) is 5.54 Å². The van der Waals surface area contributed by atoms with E-state index in [4.69, 9.17) is 4.52 Å². The number of carbonyl (C=O) groups is 1. The summed E-state index contributed by atoms with van der Waals surface area (Å²) in [4.78, 5) is 22.3. The quantitative estimate of drug-likeness (QED) is 0.625. The molecule has 7 nitrogen and oxygen atoms in total. The first kappa shape index (κ1) is 18.7. The van der Waals surface area contributed by atoms with Crippen LogP contribution in [0.25, 0.3) is 5.82 Å². The molecule has 1 amide bonds. The molecule has 0 aliphatic carbocycles. The van der Waals surface area contributed by atoms with Gasteiger partial charge in [-0.05, 0) is 51.5 Å². The lowest BCUT2D eigenvalue weighted by Crippen LogP contribution is -2.53. The van der Waals surface area contributed by atoms with Crippen LogP contribution in [0.1, 0.15) is 40.9 Å². The minimum absolute atomic E-state index is 0.0199. The first-order valence-corrected chi connectivity index (χ1v) is 10.2. The second kappa shape index (κ2) is 6.58. The van der Waals surface area contributed by atoms with Crippen molar-refractivity contribution in [3.8, 4) is 5.82 Å². The van der Waals surface area contributed by atoms with Gasteiger partial charge in [-0.2, -0.15) is 0 Å². The SMILES string of the molecule is C=C(C)CN1c2cccnc2-n2cccc2C12CCN(C(=O)c1c(C)noc1C)C2. The number of rotatable bonds is 3. The van der Waals surface area contributed by atoms with Gasteiger partial charge in [0.25, 0.3) is 5.91 Å². The fourth-order valence-electron chi connectivity index (χ4n) is 4.95. The maximum absolute atomic E-state index is 13.4. The highest BCUT2D eigenvalue weighted by atomic mass is 16.5. The molecule has 3 aromatic heterocycles. The Morgan fingerprint density at radius 3 is 2.87 bits per heavy atom. The minimum Gasteiger partial charge on any atom is -0.361 e. The van der Waals surface area contributed by atoms with Crippen molar-refractivity contribution in [2.45, 2.75) is 32.7 Å². The molecule has 1 saturated heterocycles. The van der Waals surface area contributed by atoms with Crippen molar-refractivity contribution < 1.29 is 9.32 Å². The summed E-state index contributed by atoms with van der Waals surface area (Å²) in [5.74, 6) is 1.46. The van der Waals surface area contributed by atoms with Crippen molar-refractivity contribution in [3.05, 3.63) is 71.5 Å². The van der Waals surface area contributed by atoms with E-state index in [9.17, 15) is 4.79 Å². The predicted molar refractivity (Wildman–Crippen MR) is 114 cm³/mol. The van der Waals surface area contributed by atoms with E-state index in [1.54, 1.807) is 6.92 Å². The molecule has 0 bridgehead atoms. The highest BCUT2D eigenvalue weighted by Gasteiger charge is 2.51. The van der Waals surface area contributed by atoms with E-state index in [2.05, 4.69) is 50.6 Å². The standard InChI is InChI=1S/C23H25N5O2/c1-15(2)13-28-18-7-5-10-24-21(18)27-11-6-8-19(27)23(28)9-12-26(14-23)22(29)20-16(3)25-30-17(20)4/h5-8,10-11H,1,9,12-14H2,2-4H3. The first-order chi connectivity index (χ1) is 14.4. The molecule has 5 rings (SSSR count). The van der Waals surface area contributed by atoms with Crippen LogP contribution in [0.2, 0.25) is 0 Å². The molecular formula is C23H25N5O2. The number of anilines is 1. The molecule has 0 N–H and O–H groups in total. The number of fused-ring (bicyclic) bond motifs is 4. The van der Waals surface area contributed by atoms with E-state index < -0.39 is 0 Å². The zero-order chi connectivity index (χ0) is 21.0. The van der Waals surface area contributed by atoms with Gasteiger partial charge in [0.05, 0.1) is 17.1 Å². The number of pyridine rings is 1. The van der Waals surface area contributed by atoms with Crippen LogP contribution in [-0.4, -0.2) is 45.1 Å². The summed E-state index contributed by atoms with van der Waals surface area (Å²) in [6.45, 7) is 11.8. The number of aryl methyl sites for hydroxylation is 2. The van der Waals surface area contributed by atoms with Crippen molar-refractivity contribution in [2.24, 2.45) is 0 Å². The number of carbonyl (C=O) groups excluding carboxylic acids is 1. The molecule has 1 fully saturated rings. The largest absolute Gasteiger partial charge is 0.361 e. The van der Waals surface area contributed by atoms with Crippen molar-refractivity contribution in [1.82, 2.24) is 19.6 Å². The summed E-state index contributed by atoms with van der Waals surface area (Å²) < 4.78 is 7.41. The van der Waals surface area contributed by atoms with Crippen molar-refractivity contribution in [2.75, 3.05) is 24.5 Å². The van der Waals surface area contributed by atoms with Gasteiger partial charge in [0.15, 0.2) is 5.82 Å². The van der Waals surface area contributed by atoms with Gasteiger partial charge in [-0.3, -0.25) is 4.79 Å². The Morgan fingerprint density at radius 1 is 1.30 bits per heavy atom. The maximum atomic E-state index is 13.4. The van der Waals surface area contributed by atoms with Crippen molar-refractivity contribution in [3.63, 3.8) is 0 Å². The van der Waals surface area contributed by atoms with Gasteiger partial charge in [-0.15, -0.1) is 0 Å². The Hall–Kier alpha value is -3.35. The Kier molecular flexibility index (Phi) is 4.10. The summed E-state index contributed by atoms with van der Waals surface area (Å²) in [7, 11) is 0. The van der Waals surface area contributed by atoms with E-state index in [1.807, 2.05) is 31.0 Å². The molecule has 1 unspecified atom stereocenters. The number of likely N-dealkylation sites (tertiary alicyclic amines) is 1. The van der Waals surface area contributed by atoms with Gasteiger partial charge >= 0.3 is 0 Å². The topological polar surface area (TPSA) is 67.4 Å². The number of aromatic nitrogens is 3. The van der Waals surface area contributed by atoms with Crippen LogP contribution in [0.3, 0.4) is 0 Å². The normalized spacial score (nSPS) is 19.8. The lowest BCUT2D eigenvalue weighted by molar-refractivity contribution is 0.0780. The maximum Gasteiger partial charge on any atom is 0.259 e. The highest BCUT2D eigenvalue weighted by Crippen LogP contribution is 2.47. The molecule has 30 heavy (non-hydrogen) atoms. The zero-order valence-corrected chi connectivity index (χ0v) is 17.6. The molecule has 1 spiro atoms. The fraction of sp³-hybridized carbons (Fsp3) is 0.348. The van der Waals surface area contributed by atoms with E-state index >= 15 is 0 Å². The smallest absolute Gasteiger partial charge is 0.259 e. The van der Waals surface area contributed by atoms with Gasteiger partial charge in [0.1, 0.15) is 16.9 Å². The van der Waals surface area contributed by atoms with Crippen LogP contribution < -0.4 is 4.90 Å². The molecule has 5 heterocycles. The second-order valence-electron chi connectivity index (χ2n) is 8.36. The third-order valence-corrected chi connectivity index (χ3v) is 6.24. The van der Waals surface area contributed by atoms with Crippen LogP contribution in [0, 0.1) is 13.8 Å². The summed E-state index contributed by atoms with van der Waals surface area (Å²) in [5.41, 5.74) is 4.16. The van der Waals surface area contributed by atoms with E-state index in [-0.39, 0.29) is 11.4 Å². The number of nitrogens with zero attached hydrogens (tertiary/aromatic N) is 5. The molecular weight excluding hydrogens is 378 g/mol. The molecule has 1 atom stereocenters. The summed E-state index contributed by atoms with van der Waals surface area (Å²) >= 11 is 0. The molecule has 3 aromatic rings. The van der Waals surface area contributed by atoms with Crippen LogP contribution in [0.15, 0.2) is 53.3 Å². The molecule has 2 aliphatic heterocycles. The number of hydrogen-bond donors (Lipinski definition) is 0. The van der Waals surface area contributed by atoms with E-state index in [0.29, 0.717) is 36.7 Å². The Morgan fingerprint density at radius 2 is 2.13 bits per heavy atom. The average molecular weight is 403 g/mol. The molecule has 0 aromatic carbocycles. The number of amides is 1. The van der Waals surface area contributed by atoms with Gasteiger partial charge < -0.3 is 18.9 Å². The van der Waals surface area contributed by atoms with Crippen LogP contribution in [0.4, 0.5) is 5.69 Å². The monoisotopic (exact) mass is 403 g/mol. The molecule has 7 heteroatoms. The third kappa shape index (κ3) is 2.54. The lowest BCUT2D eigenvalue weighted by Gasteiger charge is -2.47. The Bertz CT molecular complexity index is 1140. The average Bonchev–Trinajstić information content (AvgIpc) is 3.44. The third-order valence-electron chi connectivity index (χ3n) is 6.24. The predicted octanol–water partition coefficient (Wildman–Crippen LogP) is 3.61. The molecule has 0 radical (unpaired) electrons. The highest BCUT2D eigenvalue weighted by molar-refractivity contribution is 5.96. The van der Waals surface area contributed by atoms with Crippen LogP contribution >= 0.6 is 0 Å². The molecule has 0 saturated carbocycles. The summed E-state index contributed by atoms with van der Waals surface area (Å²) in [6, 6.07) is 8.27. The van der Waals surface area contributed by atoms with Crippen molar-refractivity contribution >= 4 is 11.6 Å². The Balaban J connectivity index is 1.60.